The van der Waals surface area contributed by atoms with Gasteiger partial charge >= 0.3 is 5.97 Å². The number of amidine groups is 1. The van der Waals surface area contributed by atoms with Crippen LogP contribution in [0.1, 0.15) is 23.6 Å². The van der Waals surface area contributed by atoms with Crippen LogP contribution in [0.3, 0.4) is 0 Å². The van der Waals surface area contributed by atoms with Crippen LogP contribution in [0, 0.1) is 13.8 Å². The number of carboxylic acid groups (broad SMARTS) is 1. The molecule has 0 radical (unpaired) electrons. The van der Waals surface area contributed by atoms with Gasteiger partial charge in [-0.25, -0.2) is 9.79 Å². The highest BCUT2D eigenvalue weighted by molar-refractivity contribution is 8.18. The molecule has 1 amide bonds. The summed E-state index contributed by atoms with van der Waals surface area (Å²) in [6, 6.07) is 11.0. The van der Waals surface area contributed by atoms with Crippen LogP contribution in [0.4, 0.5) is 5.69 Å². The fourth-order valence-electron chi connectivity index (χ4n) is 2.82. The highest BCUT2D eigenvalue weighted by Gasteiger charge is 2.25. The molecule has 1 heterocycles. The van der Waals surface area contributed by atoms with E-state index in [1.54, 1.807) is 24.3 Å². The summed E-state index contributed by atoms with van der Waals surface area (Å²) in [5, 5.41) is 12.4. The third-order valence-electron chi connectivity index (χ3n) is 4.38. The molecule has 0 unspecified atom stereocenters. The van der Waals surface area contributed by atoms with Gasteiger partial charge in [-0.1, -0.05) is 29.8 Å². The number of aryl methyl sites for hydroxylation is 2. The van der Waals surface area contributed by atoms with Crippen molar-refractivity contribution in [3.63, 3.8) is 0 Å². The second-order valence-electron chi connectivity index (χ2n) is 6.75. The first-order valence-electron chi connectivity index (χ1n) is 9.21. The minimum absolute atomic E-state index is 0.260. The first kappa shape index (κ1) is 21.4. The van der Waals surface area contributed by atoms with Gasteiger partial charge in [0, 0.05) is 5.56 Å². The van der Waals surface area contributed by atoms with Crippen LogP contribution in [0.25, 0.3) is 6.08 Å². The van der Waals surface area contributed by atoms with E-state index < -0.39 is 12.1 Å². The third-order valence-corrected chi connectivity index (χ3v) is 5.29. The van der Waals surface area contributed by atoms with Crippen LogP contribution >= 0.6 is 11.8 Å². The van der Waals surface area contributed by atoms with Crippen LogP contribution in [0.15, 0.2) is 46.3 Å². The molecule has 1 fully saturated rings. The Morgan fingerprint density at radius 3 is 2.70 bits per heavy atom. The number of hydrogen-bond donors (Lipinski definition) is 2. The largest absolute Gasteiger partial charge is 0.493 e. The number of thioether (sulfide) groups is 1. The highest BCUT2D eigenvalue weighted by Crippen LogP contribution is 2.36. The standard InChI is InChI=1S/C22H22N2O5S/c1-12-8-9-16(13(2)10-12)23-22-24-20(25)18(30-22)11-15-6-5-7-17(28-4)19(15)29-14(3)21(26)27/h5-11,14H,1-4H3,(H,26,27)(H,23,24,25)/b18-11-/t14-/m0/s1. The van der Waals surface area contributed by atoms with Gasteiger partial charge in [-0.2, -0.15) is 0 Å². The van der Waals surface area contributed by atoms with Crippen molar-refractivity contribution in [3.8, 4) is 11.5 Å². The number of carbonyl (C=O) groups excluding carboxylic acids is 1. The van der Waals surface area contributed by atoms with Crippen LogP contribution in [0.2, 0.25) is 0 Å². The number of benzene rings is 2. The van der Waals surface area contributed by atoms with E-state index in [2.05, 4.69) is 10.3 Å². The summed E-state index contributed by atoms with van der Waals surface area (Å²) in [6.45, 7) is 5.40. The third kappa shape index (κ3) is 4.83. The zero-order valence-corrected chi connectivity index (χ0v) is 17.9. The fraction of sp³-hybridized carbons (Fsp3) is 0.227. The van der Waals surface area contributed by atoms with Crippen molar-refractivity contribution in [3.05, 3.63) is 58.0 Å². The van der Waals surface area contributed by atoms with E-state index >= 15 is 0 Å². The summed E-state index contributed by atoms with van der Waals surface area (Å²) in [7, 11) is 1.47. The van der Waals surface area contributed by atoms with Gasteiger partial charge in [0.25, 0.3) is 5.91 Å². The highest BCUT2D eigenvalue weighted by atomic mass is 32.2. The number of methoxy groups -OCH3 is 1. The van der Waals surface area contributed by atoms with Crippen molar-refractivity contribution in [1.29, 1.82) is 0 Å². The summed E-state index contributed by atoms with van der Waals surface area (Å²) >= 11 is 1.21. The summed E-state index contributed by atoms with van der Waals surface area (Å²) in [5.41, 5.74) is 3.47. The molecular weight excluding hydrogens is 404 g/mol. The Morgan fingerprint density at radius 1 is 1.27 bits per heavy atom. The maximum atomic E-state index is 12.5. The molecule has 2 aromatic rings. The molecule has 1 atom stereocenters. The Morgan fingerprint density at radius 2 is 2.03 bits per heavy atom. The lowest BCUT2D eigenvalue weighted by Crippen LogP contribution is -2.23. The molecule has 0 spiro atoms. The Hall–Kier alpha value is -3.26. The molecule has 1 saturated heterocycles. The van der Waals surface area contributed by atoms with Gasteiger partial charge in [-0.05, 0) is 56.3 Å². The van der Waals surface area contributed by atoms with Crippen molar-refractivity contribution < 1.29 is 24.2 Å². The maximum absolute atomic E-state index is 12.5. The van der Waals surface area contributed by atoms with Crippen molar-refractivity contribution in [2.24, 2.45) is 4.99 Å². The van der Waals surface area contributed by atoms with Gasteiger partial charge in [0.1, 0.15) is 0 Å². The average molecular weight is 426 g/mol. The SMILES string of the molecule is COc1cccc(/C=C2\SC(=Nc3ccc(C)cc3C)NC2=O)c1O[C@@H](C)C(=O)O. The number of aliphatic imine (C=N–C) groups is 1. The van der Waals surface area contributed by atoms with E-state index in [0.717, 1.165) is 16.8 Å². The normalized spacial score (nSPS) is 17.1. The molecule has 1 aliphatic rings. The molecule has 8 heteroatoms. The Balaban J connectivity index is 1.92. The number of carbonyl (C=O) groups is 2. The molecule has 0 saturated carbocycles. The van der Waals surface area contributed by atoms with Gasteiger partial charge in [-0.3, -0.25) is 4.79 Å². The molecule has 2 N–H and O–H groups in total. The second-order valence-corrected chi connectivity index (χ2v) is 7.78. The molecule has 3 rings (SSSR count). The number of carboxylic acids is 1. The molecule has 30 heavy (non-hydrogen) atoms. The quantitative estimate of drug-likeness (QED) is 0.676. The smallest absolute Gasteiger partial charge is 0.344 e. The van der Waals surface area contributed by atoms with E-state index in [1.165, 1.54) is 25.8 Å². The predicted molar refractivity (Wildman–Crippen MR) is 117 cm³/mol. The van der Waals surface area contributed by atoms with Crippen LogP contribution in [-0.4, -0.2) is 35.4 Å². The lowest BCUT2D eigenvalue weighted by Gasteiger charge is -2.16. The number of hydrogen-bond acceptors (Lipinski definition) is 6. The molecular formula is C22H22N2O5S. The maximum Gasteiger partial charge on any atom is 0.344 e. The monoisotopic (exact) mass is 426 g/mol. The number of amides is 1. The number of para-hydroxylation sites is 1. The number of aliphatic carboxylic acids is 1. The predicted octanol–water partition coefficient (Wildman–Crippen LogP) is 4.06. The van der Waals surface area contributed by atoms with Gasteiger partial charge in [0.15, 0.2) is 22.8 Å². The van der Waals surface area contributed by atoms with Crippen molar-refractivity contribution in [2.75, 3.05) is 7.11 Å². The lowest BCUT2D eigenvalue weighted by molar-refractivity contribution is -0.144. The van der Waals surface area contributed by atoms with Gasteiger partial charge in [0.05, 0.1) is 17.7 Å². The number of ether oxygens (including phenoxy) is 2. The first-order chi connectivity index (χ1) is 14.3. The lowest BCUT2D eigenvalue weighted by atomic mass is 10.1. The molecule has 1 aliphatic heterocycles. The second kappa shape index (κ2) is 9.04. The van der Waals surface area contributed by atoms with Crippen molar-refractivity contribution in [2.45, 2.75) is 26.9 Å². The Labute approximate surface area is 178 Å². The van der Waals surface area contributed by atoms with Gasteiger partial charge in [-0.15, -0.1) is 0 Å². The molecule has 0 aromatic heterocycles. The average Bonchev–Trinajstić information content (AvgIpc) is 3.04. The van der Waals surface area contributed by atoms with Crippen LogP contribution in [0.5, 0.6) is 11.5 Å². The summed E-state index contributed by atoms with van der Waals surface area (Å²) in [5.74, 6) is -0.750. The summed E-state index contributed by atoms with van der Waals surface area (Å²) in [6.07, 6.45) is 0.557. The summed E-state index contributed by atoms with van der Waals surface area (Å²) < 4.78 is 10.9. The Kier molecular flexibility index (Phi) is 6.47. The summed E-state index contributed by atoms with van der Waals surface area (Å²) in [4.78, 5) is 28.6. The first-order valence-corrected chi connectivity index (χ1v) is 10.0. The topological polar surface area (TPSA) is 97.2 Å². The van der Waals surface area contributed by atoms with Crippen LogP contribution < -0.4 is 14.8 Å². The minimum atomic E-state index is -1.10. The number of nitrogens with zero attached hydrogens (tertiary/aromatic N) is 1. The zero-order chi connectivity index (χ0) is 21.8. The van der Waals surface area contributed by atoms with Gasteiger partial charge in [0.2, 0.25) is 0 Å². The zero-order valence-electron chi connectivity index (χ0n) is 17.1. The number of rotatable bonds is 6. The minimum Gasteiger partial charge on any atom is -0.493 e. The van der Waals surface area contributed by atoms with Crippen molar-refractivity contribution in [1.82, 2.24) is 5.32 Å². The van der Waals surface area contributed by atoms with E-state index in [4.69, 9.17) is 9.47 Å². The fourth-order valence-corrected chi connectivity index (χ4v) is 3.65. The molecule has 2 aromatic carbocycles. The van der Waals surface area contributed by atoms with E-state index in [0.29, 0.717) is 21.4 Å². The van der Waals surface area contributed by atoms with E-state index in [9.17, 15) is 14.7 Å². The van der Waals surface area contributed by atoms with E-state index in [1.807, 2.05) is 32.0 Å². The van der Waals surface area contributed by atoms with Crippen molar-refractivity contribution >= 4 is 40.6 Å². The molecule has 0 bridgehead atoms. The van der Waals surface area contributed by atoms with Crippen LogP contribution in [-0.2, 0) is 9.59 Å². The Bertz CT molecular complexity index is 1060. The number of nitrogens with one attached hydrogen (secondary N) is 1. The van der Waals surface area contributed by atoms with Gasteiger partial charge < -0.3 is 19.9 Å². The molecule has 156 valence electrons. The van der Waals surface area contributed by atoms with E-state index in [-0.39, 0.29) is 11.7 Å². The molecule has 7 nitrogen and oxygen atoms in total. The molecule has 0 aliphatic carbocycles.